The van der Waals surface area contributed by atoms with Crippen LogP contribution in [0, 0.1) is 0 Å². The predicted molar refractivity (Wildman–Crippen MR) is 68.4 cm³/mol. The van der Waals surface area contributed by atoms with Gasteiger partial charge >= 0.3 is 0 Å². The Hall–Kier alpha value is -1.93. The van der Waals surface area contributed by atoms with Crippen LogP contribution in [0.5, 0.6) is 0 Å². The van der Waals surface area contributed by atoms with Gasteiger partial charge in [-0.1, -0.05) is 12.1 Å². The van der Waals surface area contributed by atoms with Crippen molar-refractivity contribution in [2.75, 3.05) is 0 Å². The van der Waals surface area contributed by atoms with Gasteiger partial charge in [-0.3, -0.25) is 4.79 Å². The van der Waals surface area contributed by atoms with E-state index in [0.29, 0.717) is 6.04 Å². The summed E-state index contributed by atoms with van der Waals surface area (Å²) >= 11 is 0. The van der Waals surface area contributed by atoms with Crippen LogP contribution >= 0.6 is 0 Å². The maximum atomic E-state index is 12.4. The average Bonchev–Trinajstić information content (AvgIpc) is 3.31. The first-order chi connectivity index (χ1) is 9.23. The molecule has 4 rings (SSSR count). The van der Waals surface area contributed by atoms with Gasteiger partial charge in [0.1, 0.15) is 0 Å². The molecule has 1 aromatic rings. The molecule has 1 aromatic carbocycles. The minimum absolute atomic E-state index is 0.144. The molecule has 0 bridgehead atoms. The van der Waals surface area contributed by atoms with E-state index < -0.39 is 0 Å². The summed E-state index contributed by atoms with van der Waals surface area (Å²) in [4.78, 5) is 28.8. The van der Waals surface area contributed by atoms with Crippen LogP contribution in [0.1, 0.15) is 47.2 Å². The van der Waals surface area contributed by atoms with Crippen molar-refractivity contribution >= 4 is 12.0 Å². The molecule has 2 saturated carbocycles. The molecule has 0 spiro atoms. The molecule has 1 aliphatic heterocycles. The van der Waals surface area contributed by atoms with E-state index in [1.165, 1.54) is 0 Å². The zero-order chi connectivity index (χ0) is 13.0. The summed E-state index contributed by atoms with van der Waals surface area (Å²) in [7, 11) is 0. The first-order valence-electron chi connectivity index (χ1n) is 6.77. The summed E-state index contributed by atoms with van der Waals surface area (Å²) in [6, 6.07) is 6.42. The van der Waals surface area contributed by atoms with E-state index in [9.17, 15) is 9.59 Å². The van der Waals surface area contributed by atoms with Crippen molar-refractivity contribution in [1.82, 2.24) is 4.90 Å². The standard InChI is InChI=1S/C15H14N2O2/c18-9-16-15(5-6-15)11-2-1-10-8-17(12-3-4-12)14(19)13(10)7-11/h1-2,7,12H,3-6,8H2. The van der Waals surface area contributed by atoms with Gasteiger partial charge in [0.25, 0.3) is 5.91 Å². The molecule has 2 fully saturated rings. The molecule has 19 heavy (non-hydrogen) atoms. The highest BCUT2D eigenvalue weighted by molar-refractivity contribution is 5.99. The van der Waals surface area contributed by atoms with Crippen molar-refractivity contribution in [3.63, 3.8) is 0 Å². The topological polar surface area (TPSA) is 49.7 Å². The van der Waals surface area contributed by atoms with Gasteiger partial charge in [0.2, 0.25) is 6.08 Å². The van der Waals surface area contributed by atoms with Crippen LogP contribution in [-0.2, 0) is 16.9 Å². The quantitative estimate of drug-likeness (QED) is 0.613. The van der Waals surface area contributed by atoms with Crippen molar-refractivity contribution in [2.45, 2.75) is 43.8 Å². The molecule has 0 radical (unpaired) electrons. The number of amides is 1. The average molecular weight is 254 g/mol. The summed E-state index contributed by atoms with van der Waals surface area (Å²) in [5.74, 6) is 0.144. The Morgan fingerprint density at radius 2 is 2.11 bits per heavy atom. The number of benzene rings is 1. The van der Waals surface area contributed by atoms with Crippen LogP contribution in [-0.4, -0.2) is 22.9 Å². The number of fused-ring (bicyclic) bond motifs is 1. The van der Waals surface area contributed by atoms with Gasteiger partial charge in [0.15, 0.2) is 0 Å². The fourth-order valence-electron chi connectivity index (χ4n) is 2.96. The van der Waals surface area contributed by atoms with Crippen LogP contribution in [0.25, 0.3) is 0 Å². The maximum absolute atomic E-state index is 12.4. The van der Waals surface area contributed by atoms with E-state index in [2.05, 4.69) is 4.99 Å². The lowest BCUT2D eigenvalue weighted by molar-refractivity contribution is 0.0766. The number of aliphatic imine (C=N–C) groups is 1. The van der Waals surface area contributed by atoms with E-state index in [0.717, 1.165) is 48.9 Å². The minimum atomic E-state index is -0.385. The third kappa shape index (κ3) is 1.57. The van der Waals surface area contributed by atoms with E-state index in [1.807, 2.05) is 23.1 Å². The Morgan fingerprint density at radius 3 is 2.74 bits per heavy atom. The molecule has 2 aliphatic carbocycles. The van der Waals surface area contributed by atoms with Gasteiger partial charge in [0, 0.05) is 18.2 Å². The Labute approximate surface area is 111 Å². The highest BCUT2D eigenvalue weighted by Crippen LogP contribution is 2.50. The highest BCUT2D eigenvalue weighted by atomic mass is 16.2. The zero-order valence-electron chi connectivity index (χ0n) is 10.6. The summed E-state index contributed by atoms with van der Waals surface area (Å²) in [5.41, 5.74) is 2.51. The Bertz CT molecular complexity index is 623. The monoisotopic (exact) mass is 254 g/mol. The van der Waals surface area contributed by atoms with Crippen molar-refractivity contribution < 1.29 is 9.59 Å². The molecule has 4 nitrogen and oxygen atoms in total. The maximum Gasteiger partial charge on any atom is 0.254 e. The van der Waals surface area contributed by atoms with Gasteiger partial charge in [-0.2, -0.15) is 4.99 Å². The highest BCUT2D eigenvalue weighted by Gasteiger charge is 2.46. The van der Waals surface area contributed by atoms with Gasteiger partial charge < -0.3 is 4.90 Å². The predicted octanol–water partition coefficient (Wildman–Crippen LogP) is 2.13. The Morgan fingerprint density at radius 1 is 1.32 bits per heavy atom. The van der Waals surface area contributed by atoms with Gasteiger partial charge in [-0.15, -0.1) is 0 Å². The molecule has 0 N–H and O–H groups in total. The Balaban J connectivity index is 1.72. The lowest BCUT2D eigenvalue weighted by Crippen LogP contribution is -2.25. The minimum Gasteiger partial charge on any atom is -0.331 e. The van der Waals surface area contributed by atoms with Crippen LogP contribution < -0.4 is 0 Å². The van der Waals surface area contributed by atoms with Crippen LogP contribution in [0.15, 0.2) is 23.2 Å². The molecule has 0 aromatic heterocycles. The van der Waals surface area contributed by atoms with Crippen LogP contribution in [0.3, 0.4) is 0 Å². The fraction of sp³-hybridized carbons (Fsp3) is 0.467. The van der Waals surface area contributed by atoms with Crippen molar-refractivity contribution in [1.29, 1.82) is 0 Å². The summed E-state index contributed by atoms with van der Waals surface area (Å²) in [5, 5.41) is 0. The molecule has 1 amide bonds. The number of hydrogen-bond donors (Lipinski definition) is 0. The SMILES string of the molecule is O=C=NC1(c2ccc3c(c2)C(=O)N(C2CC2)C3)CC1. The van der Waals surface area contributed by atoms with Gasteiger partial charge in [-0.25, -0.2) is 4.79 Å². The summed E-state index contributed by atoms with van der Waals surface area (Å²) in [6.07, 6.45) is 5.68. The largest absolute Gasteiger partial charge is 0.331 e. The number of carbonyl (C=O) groups excluding carboxylic acids is 2. The van der Waals surface area contributed by atoms with Gasteiger partial charge in [-0.05, 0) is 42.9 Å². The van der Waals surface area contributed by atoms with Crippen molar-refractivity contribution in [2.24, 2.45) is 4.99 Å². The number of rotatable bonds is 3. The normalized spacial score (nSPS) is 22.9. The lowest BCUT2D eigenvalue weighted by Gasteiger charge is -2.13. The van der Waals surface area contributed by atoms with E-state index in [-0.39, 0.29) is 11.4 Å². The van der Waals surface area contributed by atoms with E-state index >= 15 is 0 Å². The second kappa shape index (κ2) is 3.55. The molecule has 1 heterocycles. The number of hydrogen-bond acceptors (Lipinski definition) is 3. The molecular weight excluding hydrogens is 240 g/mol. The number of carbonyl (C=O) groups is 1. The third-order valence-electron chi connectivity index (χ3n) is 4.45. The Kier molecular flexibility index (Phi) is 2.04. The molecule has 3 aliphatic rings. The zero-order valence-corrected chi connectivity index (χ0v) is 10.6. The van der Waals surface area contributed by atoms with Crippen LogP contribution in [0.4, 0.5) is 0 Å². The second-order valence-electron chi connectivity index (χ2n) is 5.77. The van der Waals surface area contributed by atoms with E-state index in [4.69, 9.17) is 0 Å². The fourth-order valence-corrected chi connectivity index (χ4v) is 2.96. The molecule has 4 heteroatoms. The van der Waals surface area contributed by atoms with Crippen LogP contribution in [0.2, 0.25) is 0 Å². The number of isocyanates is 1. The molecule has 0 unspecified atom stereocenters. The molecule has 0 saturated heterocycles. The van der Waals surface area contributed by atoms with Crippen molar-refractivity contribution in [3.05, 3.63) is 34.9 Å². The summed E-state index contributed by atoms with van der Waals surface area (Å²) < 4.78 is 0. The van der Waals surface area contributed by atoms with Crippen molar-refractivity contribution in [3.8, 4) is 0 Å². The first-order valence-corrected chi connectivity index (χ1v) is 6.77. The summed E-state index contributed by atoms with van der Waals surface area (Å²) in [6.45, 7) is 0.739. The third-order valence-corrected chi connectivity index (χ3v) is 4.45. The molecule has 0 atom stereocenters. The second-order valence-corrected chi connectivity index (χ2v) is 5.77. The number of nitrogens with zero attached hydrogens (tertiary/aromatic N) is 2. The van der Waals surface area contributed by atoms with Gasteiger partial charge in [0.05, 0.1) is 5.54 Å². The lowest BCUT2D eigenvalue weighted by atomic mass is 10.00. The molecule has 96 valence electrons. The molecular formula is C15H14N2O2. The smallest absolute Gasteiger partial charge is 0.254 e. The van der Waals surface area contributed by atoms with E-state index in [1.54, 1.807) is 6.08 Å². The first kappa shape index (κ1) is 10.9.